The number of fused-ring (bicyclic) bond motifs is 1. The van der Waals surface area contributed by atoms with Gasteiger partial charge in [-0.15, -0.1) is 0 Å². The molecular weight excluding hydrogens is 272 g/mol. The second-order valence-corrected chi connectivity index (χ2v) is 4.80. The Balaban J connectivity index is 2.57. The summed E-state index contributed by atoms with van der Waals surface area (Å²) in [7, 11) is 0. The highest BCUT2D eigenvalue weighted by molar-refractivity contribution is 6.31. The van der Waals surface area contributed by atoms with E-state index in [4.69, 9.17) is 16.7 Å². The molecule has 1 unspecified atom stereocenters. The summed E-state index contributed by atoms with van der Waals surface area (Å²) in [5, 5.41) is 20.6. The highest BCUT2D eigenvalue weighted by Crippen LogP contribution is 2.33. The van der Waals surface area contributed by atoms with E-state index in [2.05, 4.69) is 4.98 Å². The molecule has 2 N–H and O–H groups in total. The lowest BCUT2D eigenvalue weighted by molar-refractivity contribution is -0.383. The summed E-state index contributed by atoms with van der Waals surface area (Å²) in [4.78, 5) is 24.3. The first-order valence-electron chi connectivity index (χ1n) is 5.57. The Hall–Kier alpha value is -2.08. The number of hydrogen-bond acceptors (Lipinski definition) is 3. The molecule has 1 aromatic carbocycles. The number of aliphatic carboxylic acids is 1. The predicted octanol–water partition coefficient (Wildman–Crippen LogP) is 2.99. The molecule has 0 aliphatic rings. The van der Waals surface area contributed by atoms with Crippen molar-refractivity contribution >= 4 is 34.2 Å². The summed E-state index contributed by atoms with van der Waals surface area (Å²) in [5.41, 5.74) is 1.02. The lowest BCUT2D eigenvalue weighted by atomic mass is 10.00. The Labute approximate surface area is 113 Å². The molecule has 2 aromatic rings. The quantitative estimate of drug-likeness (QED) is 0.665. The number of nitrogens with one attached hydrogen (secondary N) is 1. The molecule has 1 heterocycles. The van der Waals surface area contributed by atoms with E-state index in [1.807, 2.05) is 0 Å². The molecule has 1 aromatic heterocycles. The molecule has 6 nitrogen and oxygen atoms in total. The van der Waals surface area contributed by atoms with Gasteiger partial charge in [0, 0.05) is 17.3 Å². The van der Waals surface area contributed by atoms with Crippen molar-refractivity contribution in [2.75, 3.05) is 0 Å². The van der Waals surface area contributed by atoms with Crippen LogP contribution in [0.15, 0.2) is 18.3 Å². The number of carboxylic acids is 1. The maximum Gasteiger partial charge on any atom is 0.306 e. The van der Waals surface area contributed by atoms with Crippen LogP contribution in [0.1, 0.15) is 12.5 Å². The number of halogens is 1. The molecule has 0 radical (unpaired) electrons. The van der Waals surface area contributed by atoms with Crippen LogP contribution in [0.25, 0.3) is 10.9 Å². The van der Waals surface area contributed by atoms with Crippen molar-refractivity contribution in [1.82, 2.24) is 4.98 Å². The van der Waals surface area contributed by atoms with Crippen LogP contribution >= 0.6 is 11.6 Å². The molecule has 1 atom stereocenters. The molecule has 0 aliphatic carbocycles. The average molecular weight is 283 g/mol. The Morgan fingerprint density at radius 2 is 2.26 bits per heavy atom. The third-order valence-corrected chi connectivity index (χ3v) is 3.17. The number of benzene rings is 1. The maximum atomic E-state index is 11.1. The highest BCUT2D eigenvalue weighted by Gasteiger charge is 2.21. The molecule has 0 bridgehead atoms. The molecule has 7 heteroatoms. The summed E-state index contributed by atoms with van der Waals surface area (Å²) >= 11 is 5.81. The molecule has 19 heavy (non-hydrogen) atoms. The lowest BCUT2D eigenvalue weighted by Crippen LogP contribution is -2.12. The summed E-state index contributed by atoms with van der Waals surface area (Å²) in [6.07, 6.45) is 1.81. The van der Waals surface area contributed by atoms with E-state index in [0.717, 1.165) is 0 Å². The Morgan fingerprint density at radius 1 is 1.58 bits per heavy atom. The zero-order chi connectivity index (χ0) is 14.2. The summed E-state index contributed by atoms with van der Waals surface area (Å²) in [6.45, 7) is 1.56. The average Bonchev–Trinajstić information content (AvgIpc) is 2.70. The van der Waals surface area contributed by atoms with Crippen LogP contribution in [0, 0.1) is 16.0 Å². The first kappa shape index (κ1) is 13.4. The van der Waals surface area contributed by atoms with Gasteiger partial charge in [0.25, 0.3) is 5.69 Å². The van der Waals surface area contributed by atoms with Crippen LogP contribution in [0.3, 0.4) is 0 Å². The van der Waals surface area contributed by atoms with Crippen LogP contribution in [-0.2, 0) is 11.2 Å². The van der Waals surface area contributed by atoms with Crippen LogP contribution in [0.5, 0.6) is 0 Å². The maximum absolute atomic E-state index is 11.1. The molecule has 0 aliphatic heterocycles. The first-order chi connectivity index (χ1) is 8.90. The fourth-order valence-corrected chi connectivity index (χ4v) is 2.22. The molecule has 100 valence electrons. The second kappa shape index (κ2) is 4.89. The molecule has 0 saturated carbocycles. The molecule has 0 spiro atoms. The van der Waals surface area contributed by atoms with Crippen LogP contribution in [0.2, 0.25) is 5.02 Å². The number of aromatic amines is 1. The van der Waals surface area contributed by atoms with Crippen molar-refractivity contribution in [2.24, 2.45) is 5.92 Å². The van der Waals surface area contributed by atoms with Gasteiger partial charge in [-0.25, -0.2) is 0 Å². The number of nitrogens with zero attached hydrogens (tertiary/aromatic N) is 1. The normalized spacial score (nSPS) is 12.5. The fraction of sp³-hybridized carbons (Fsp3) is 0.250. The van der Waals surface area contributed by atoms with Gasteiger partial charge >= 0.3 is 5.97 Å². The number of rotatable bonds is 4. The fourth-order valence-electron chi connectivity index (χ4n) is 2.00. The van der Waals surface area contributed by atoms with Gasteiger partial charge in [-0.05, 0) is 18.1 Å². The van der Waals surface area contributed by atoms with Gasteiger partial charge in [-0.1, -0.05) is 18.5 Å². The SMILES string of the molecule is CC(Cc1c[nH]c2cc(Cl)cc([N+](=O)[O-])c12)C(=O)O. The zero-order valence-corrected chi connectivity index (χ0v) is 10.8. The number of carbonyl (C=O) groups is 1. The van der Waals surface area contributed by atoms with E-state index in [9.17, 15) is 14.9 Å². The van der Waals surface area contributed by atoms with E-state index in [1.165, 1.54) is 6.07 Å². The number of hydrogen-bond donors (Lipinski definition) is 2. The minimum atomic E-state index is -0.939. The predicted molar refractivity (Wildman–Crippen MR) is 70.5 cm³/mol. The van der Waals surface area contributed by atoms with E-state index >= 15 is 0 Å². The van der Waals surface area contributed by atoms with Crippen LogP contribution in [-0.4, -0.2) is 21.0 Å². The number of H-pyrrole nitrogens is 1. The van der Waals surface area contributed by atoms with E-state index in [-0.39, 0.29) is 17.1 Å². The Kier molecular flexibility index (Phi) is 3.44. The standard InChI is InChI=1S/C12H11ClN2O4/c1-6(12(16)17)2-7-5-14-9-3-8(13)4-10(11(7)9)15(18)19/h3-6,14H,2H2,1H3,(H,16,17). The van der Waals surface area contributed by atoms with Gasteiger partial charge in [0.05, 0.1) is 21.7 Å². The van der Waals surface area contributed by atoms with Gasteiger partial charge in [0.1, 0.15) is 0 Å². The van der Waals surface area contributed by atoms with Crippen LogP contribution in [0.4, 0.5) is 5.69 Å². The Bertz CT molecular complexity index is 665. The van der Waals surface area contributed by atoms with Crippen molar-refractivity contribution in [3.05, 3.63) is 39.0 Å². The number of non-ortho nitro benzene ring substituents is 1. The summed E-state index contributed by atoms with van der Waals surface area (Å²) < 4.78 is 0. The van der Waals surface area contributed by atoms with Gasteiger partial charge in [0.15, 0.2) is 0 Å². The number of nitro groups is 1. The molecule has 2 rings (SSSR count). The number of carboxylic acid groups (broad SMARTS) is 1. The number of nitro benzene ring substituents is 1. The number of aromatic nitrogens is 1. The van der Waals surface area contributed by atoms with Crippen molar-refractivity contribution in [3.8, 4) is 0 Å². The third-order valence-electron chi connectivity index (χ3n) is 2.95. The second-order valence-electron chi connectivity index (χ2n) is 4.36. The minimum absolute atomic E-state index is 0.115. The molecule has 0 amide bonds. The van der Waals surface area contributed by atoms with Crippen molar-refractivity contribution < 1.29 is 14.8 Å². The molecule has 0 fully saturated rings. The summed E-state index contributed by atoms with van der Waals surface area (Å²) in [5.74, 6) is -1.56. The lowest BCUT2D eigenvalue weighted by Gasteiger charge is -2.05. The van der Waals surface area contributed by atoms with E-state index in [0.29, 0.717) is 16.5 Å². The van der Waals surface area contributed by atoms with Gasteiger partial charge < -0.3 is 10.1 Å². The third kappa shape index (κ3) is 2.53. The van der Waals surface area contributed by atoms with E-state index < -0.39 is 16.8 Å². The molecule has 0 saturated heterocycles. The highest BCUT2D eigenvalue weighted by atomic mass is 35.5. The smallest absolute Gasteiger partial charge is 0.306 e. The largest absolute Gasteiger partial charge is 0.481 e. The van der Waals surface area contributed by atoms with Crippen molar-refractivity contribution in [1.29, 1.82) is 0 Å². The van der Waals surface area contributed by atoms with Gasteiger partial charge in [-0.3, -0.25) is 14.9 Å². The van der Waals surface area contributed by atoms with Crippen molar-refractivity contribution in [3.63, 3.8) is 0 Å². The topological polar surface area (TPSA) is 96.2 Å². The van der Waals surface area contributed by atoms with E-state index in [1.54, 1.807) is 19.2 Å². The Morgan fingerprint density at radius 3 is 2.84 bits per heavy atom. The minimum Gasteiger partial charge on any atom is -0.481 e. The first-order valence-corrected chi connectivity index (χ1v) is 5.94. The van der Waals surface area contributed by atoms with Crippen molar-refractivity contribution in [2.45, 2.75) is 13.3 Å². The van der Waals surface area contributed by atoms with Crippen LogP contribution < -0.4 is 0 Å². The van der Waals surface area contributed by atoms with Gasteiger partial charge in [-0.2, -0.15) is 0 Å². The van der Waals surface area contributed by atoms with Gasteiger partial charge in [0.2, 0.25) is 0 Å². The summed E-state index contributed by atoms with van der Waals surface area (Å²) in [6, 6.07) is 2.85. The monoisotopic (exact) mass is 282 g/mol. The molecular formula is C12H11ClN2O4. The zero-order valence-electron chi connectivity index (χ0n) is 10.0.